The van der Waals surface area contributed by atoms with Crippen LogP contribution in [0.2, 0.25) is 0 Å². The molecule has 0 aliphatic heterocycles. The standard InChI is InChI=1S/C22H16N2O5S/c1-11-6-7-16-13(8-11)22(26)14-10-18-15(9-17(14)23-16)21(25)12-4-3-5-19(30(27,28)29)20(12)24(18)2/h3-10H,1-2H3,(H,23,26)(H,27,28,29). The van der Waals surface area contributed by atoms with Gasteiger partial charge in [0.05, 0.1) is 16.6 Å². The summed E-state index contributed by atoms with van der Waals surface area (Å²) in [6.45, 7) is 1.90. The van der Waals surface area contributed by atoms with Crippen LogP contribution in [0.4, 0.5) is 0 Å². The zero-order chi connectivity index (χ0) is 21.4. The third-order valence-electron chi connectivity index (χ3n) is 5.53. The Bertz CT molecular complexity index is 1780. The molecular formula is C22H16N2O5S. The second kappa shape index (κ2) is 6.01. The highest BCUT2D eigenvalue weighted by molar-refractivity contribution is 7.86. The lowest BCUT2D eigenvalue weighted by Gasteiger charge is -2.14. The molecule has 7 nitrogen and oxygen atoms in total. The zero-order valence-corrected chi connectivity index (χ0v) is 16.9. The fourth-order valence-corrected chi connectivity index (χ4v) is 4.85. The molecule has 2 aromatic heterocycles. The van der Waals surface area contributed by atoms with E-state index in [2.05, 4.69) is 4.98 Å². The topological polar surface area (TPSA) is 109 Å². The highest BCUT2D eigenvalue weighted by Gasteiger charge is 2.20. The van der Waals surface area contributed by atoms with Gasteiger partial charge in [-0.1, -0.05) is 17.7 Å². The Morgan fingerprint density at radius 2 is 1.57 bits per heavy atom. The van der Waals surface area contributed by atoms with Crippen LogP contribution in [0.5, 0.6) is 0 Å². The van der Waals surface area contributed by atoms with Crippen molar-refractivity contribution in [2.45, 2.75) is 11.8 Å². The summed E-state index contributed by atoms with van der Waals surface area (Å²) in [5, 5.41) is 1.43. The minimum atomic E-state index is -4.55. The van der Waals surface area contributed by atoms with Gasteiger partial charge in [0.1, 0.15) is 4.90 Å². The number of aromatic nitrogens is 2. The molecule has 5 rings (SSSR count). The summed E-state index contributed by atoms with van der Waals surface area (Å²) in [4.78, 5) is 29.2. The molecule has 150 valence electrons. The van der Waals surface area contributed by atoms with Crippen LogP contribution in [0.3, 0.4) is 0 Å². The van der Waals surface area contributed by atoms with Gasteiger partial charge in [0.15, 0.2) is 10.9 Å². The summed E-state index contributed by atoms with van der Waals surface area (Å²) in [6, 6.07) is 12.9. The molecule has 0 aliphatic rings. The Hall–Kier alpha value is -3.49. The van der Waals surface area contributed by atoms with Crippen LogP contribution in [0, 0.1) is 6.92 Å². The lowest BCUT2D eigenvalue weighted by molar-refractivity contribution is 0.484. The first-order valence-corrected chi connectivity index (χ1v) is 10.6. The molecule has 0 unspecified atom stereocenters. The number of hydrogen-bond donors (Lipinski definition) is 2. The maximum absolute atomic E-state index is 13.2. The molecule has 0 fully saturated rings. The molecule has 0 spiro atoms. The largest absolute Gasteiger partial charge is 0.354 e. The fraction of sp³-hybridized carbons (Fsp3) is 0.0909. The van der Waals surface area contributed by atoms with Crippen LogP contribution < -0.4 is 10.9 Å². The molecule has 0 saturated carbocycles. The van der Waals surface area contributed by atoms with Crippen molar-refractivity contribution < 1.29 is 13.0 Å². The van der Waals surface area contributed by atoms with E-state index >= 15 is 0 Å². The molecule has 30 heavy (non-hydrogen) atoms. The highest BCUT2D eigenvalue weighted by Crippen LogP contribution is 2.27. The first kappa shape index (κ1) is 18.5. The first-order valence-electron chi connectivity index (χ1n) is 9.16. The number of aryl methyl sites for hydroxylation is 2. The van der Waals surface area contributed by atoms with E-state index in [-0.39, 0.29) is 26.7 Å². The summed E-state index contributed by atoms with van der Waals surface area (Å²) in [5.74, 6) is 0. The first-order chi connectivity index (χ1) is 14.2. The minimum Gasteiger partial charge on any atom is -0.354 e. The number of benzene rings is 3. The van der Waals surface area contributed by atoms with Gasteiger partial charge in [0.2, 0.25) is 0 Å². The summed E-state index contributed by atoms with van der Waals surface area (Å²) in [5.41, 5.74) is 2.06. The lowest BCUT2D eigenvalue weighted by atomic mass is 10.0. The van der Waals surface area contributed by atoms with Crippen molar-refractivity contribution >= 4 is 53.7 Å². The van der Waals surface area contributed by atoms with Crippen molar-refractivity contribution in [2.24, 2.45) is 7.05 Å². The van der Waals surface area contributed by atoms with Crippen molar-refractivity contribution in [3.05, 3.63) is 74.5 Å². The maximum atomic E-state index is 13.2. The molecule has 0 aliphatic carbocycles. The average Bonchev–Trinajstić information content (AvgIpc) is 2.71. The fourth-order valence-electron chi connectivity index (χ4n) is 4.11. The Labute approximate surface area is 169 Å². The number of hydrogen-bond acceptors (Lipinski definition) is 4. The molecule has 0 radical (unpaired) electrons. The van der Waals surface area contributed by atoms with Gasteiger partial charge in [-0.25, -0.2) is 0 Å². The van der Waals surface area contributed by atoms with E-state index < -0.39 is 10.1 Å². The van der Waals surface area contributed by atoms with Crippen molar-refractivity contribution in [3.63, 3.8) is 0 Å². The SMILES string of the molecule is Cc1ccc2[nH]c3cc4c(=O)c5cccc(S(=O)(=O)O)c5n(C)c4cc3c(=O)c2c1. The Morgan fingerprint density at radius 3 is 2.30 bits per heavy atom. The minimum absolute atomic E-state index is 0.0879. The van der Waals surface area contributed by atoms with Gasteiger partial charge in [0.25, 0.3) is 10.1 Å². The monoisotopic (exact) mass is 420 g/mol. The third-order valence-corrected chi connectivity index (χ3v) is 6.42. The summed E-state index contributed by atoms with van der Waals surface area (Å²) < 4.78 is 34.9. The quantitative estimate of drug-likeness (QED) is 0.320. The normalized spacial score (nSPS) is 12.4. The molecule has 2 N–H and O–H groups in total. The molecule has 0 bridgehead atoms. The smallest absolute Gasteiger partial charge is 0.296 e. The molecule has 2 heterocycles. The van der Waals surface area contributed by atoms with Crippen molar-refractivity contribution in [2.75, 3.05) is 0 Å². The highest BCUT2D eigenvalue weighted by atomic mass is 32.2. The maximum Gasteiger partial charge on any atom is 0.296 e. The lowest BCUT2D eigenvalue weighted by Crippen LogP contribution is -2.14. The van der Waals surface area contributed by atoms with Gasteiger partial charge in [-0.15, -0.1) is 0 Å². The number of H-pyrrole nitrogens is 1. The number of rotatable bonds is 1. The van der Waals surface area contributed by atoms with Gasteiger partial charge in [-0.05, 0) is 43.3 Å². The number of nitrogens with one attached hydrogen (secondary N) is 1. The second-order valence-electron chi connectivity index (χ2n) is 7.43. The summed E-state index contributed by atoms with van der Waals surface area (Å²) >= 11 is 0. The summed E-state index contributed by atoms with van der Waals surface area (Å²) in [6.07, 6.45) is 0. The molecule has 0 saturated heterocycles. The summed E-state index contributed by atoms with van der Waals surface area (Å²) in [7, 11) is -2.95. The van der Waals surface area contributed by atoms with E-state index in [1.54, 1.807) is 25.2 Å². The molecule has 3 aromatic carbocycles. The Morgan fingerprint density at radius 1 is 0.867 bits per heavy atom. The van der Waals surface area contributed by atoms with Crippen LogP contribution in [0.25, 0.3) is 43.6 Å². The number of nitrogens with zero attached hydrogens (tertiary/aromatic N) is 1. The van der Waals surface area contributed by atoms with Crippen LogP contribution in [0.15, 0.2) is 63.0 Å². The van der Waals surface area contributed by atoms with Crippen LogP contribution in [-0.2, 0) is 17.2 Å². The van der Waals surface area contributed by atoms with Crippen molar-refractivity contribution in [1.82, 2.24) is 9.55 Å². The number of para-hydroxylation sites is 1. The predicted octanol–water partition coefficient (Wildman–Crippen LogP) is 3.24. The molecule has 8 heteroatoms. The van der Waals surface area contributed by atoms with Crippen molar-refractivity contribution in [1.29, 1.82) is 0 Å². The Balaban J connectivity index is 2.05. The molecular weight excluding hydrogens is 404 g/mol. The van der Waals surface area contributed by atoms with Crippen LogP contribution in [0.1, 0.15) is 5.56 Å². The molecule has 0 amide bonds. The number of pyridine rings is 2. The number of aromatic amines is 1. The van der Waals surface area contributed by atoms with Gasteiger partial charge >= 0.3 is 0 Å². The van der Waals surface area contributed by atoms with E-state index in [0.717, 1.165) is 5.56 Å². The zero-order valence-electron chi connectivity index (χ0n) is 16.1. The second-order valence-corrected chi connectivity index (χ2v) is 8.82. The van der Waals surface area contributed by atoms with E-state index in [4.69, 9.17) is 0 Å². The third kappa shape index (κ3) is 2.51. The van der Waals surface area contributed by atoms with Gasteiger partial charge in [0, 0.05) is 34.1 Å². The Kier molecular flexibility index (Phi) is 3.71. The van der Waals surface area contributed by atoms with E-state index in [0.29, 0.717) is 32.7 Å². The van der Waals surface area contributed by atoms with Gasteiger partial charge in [-0.2, -0.15) is 8.42 Å². The van der Waals surface area contributed by atoms with E-state index in [9.17, 15) is 22.6 Å². The van der Waals surface area contributed by atoms with E-state index in [1.165, 1.54) is 22.8 Å². The van der Waals surface area contributed by atoms with Gasteiger partial charge < -0.3 is 9.55 Å². The van der Waals surface area contributed by atoms with Gasteiger partial charge in [-0.3, -0.25) is 14.1 Å². The molecule has 0 atom stereocenters. The number of fused-ring (bicyclic) bond motifs is 4. The van der Waals surface area contributed by atoms with Crippen LogP contribution in [-0.4, -0.2) is 22.5 Å². The average molecular weight is 420 g/mol. The van der Waals surface area contributed by atoms with E-state index in [1.807, 2.05) is 19.1 Å². The molecule has 5 aromatic rings. The predicted molar refractivity (Wildman–Crippen MR) is 117 cm³/mol. The van der Waals surface area contributed by atoms with Crippen LogP contribution >= 0.6 is 0 Å². The van der Waals surface area contributed by atoms with Crippen molar-refractivity contribution in [3.8, 4) is 0 Å².